The van der Waals surface area contributed by atoms with Gasteiger partial charge >= 0.3 is 0 Å². The molecule has 0 saturated heterocycles. The predicted octanol–water partition coefficient (Wildman–Crippen LogP) is 4.27. The quantitative estimate of drug-likeness (QED) is 0.613. The van der Waals surface area contributed by atoms with Gasteiger partial charge in [0.1, 0.15) is 0 Å². The van der Waals surface area contributed by atoms with Crippen molar-refractivity contribution >= 4 is 0 Å². The molecule has 1 N–H and O–H groups in total. The van der Waals surface area contributed by atoms with E-state index in [1.54, 1.807) is 0 Å². The molecule has 1 nitrogen and oxygen atoms in total. The third kappa shape index (κ3) is 8.96. The highest BCUT2D eigenvalue weighted by atomic mass is 16.2. The van der Waals surface area contributed by atoms with Gasteiger partial charge in [-0.25, -0.2) is 0 Å². The van der Waals surface area contributed by atoms with E-state index in [1.165, 1.54) is 19.3 Å². The van der Waals surface area contributed by atoms with Crippen LogP contribution in [0.1, 0.15) is 53.9 Å². The van der Waals surface area contributed by atoms with Gasteiger partial charge in [0, 0.05) is 0 Å². The summed E-state index contributed by atoms with van der Waals surface area (Å²) in [7, 11) is 0. The summed E-state index contributed by atoms with van der Waals surface area (Å²) in [5.74, 6) is 3.03. The maximum Gasteiger partial charge on any atom is 0.0612 e. The average Bonchev–Trinajstić information content (AvgIpc) is 2.12. The Morgan fingerprint density at radius 1 is 0.875 bits per heavy atom. The molecule has 0 spiro atoms. The van der Waals surface area contributed by atoms with Crippen LogP contribution in [0.25, 0.3) is 0 Å². The van der Waals surface area contributed by atoms with E-state index < -0.39 is 0 Å². The Morgan fingerprint density at radius 3 is 1.94 bits per heavy atom. The largest absolute Gasteiger partial charge is 0.392 e. The van der Waals surface area contributed by atoms with Crippen LogP contribution in [0.2, 0.25) is 0 Å². The zero-order chi connectivity index (χ0) is 12.6. The molecule has 0 aromatic heterocycles. The van der Waals surface area contributed by atoms with Gasteiger partial charge in [0.05, 0.1) is 6.61 Å². The Labute approximate surface area is 102 Å². The molecule has 0 aliphatic carbocycles. The van der Waals surface area contributed by atoms with Crippen LogP contribution < -0.4 is 0 Å². The summed E-state index contributed by atoms with van der Waals surface area (Å²) >= 11 is 0. The van der Waals surface area contributed by atoms with E-state index in [0.717, 1.165) is 17.8 Å². The lowest BCUT2D eigenvalue weighted by Gasteiger charge is -2.20. The maximum absolute atomic E-state index is 8.71. The molecule has 0 bridgehead atoms. The average molecular weight is 226 g/mol. The fourth-order valence-corrected chi connectivity index (χ4v) is 2.69. The Hall–Kier alpha value is -0.300. The minimum Gasteiger partial charge on any atom is -0.392 e. The SMILES string of the molecule is CC(C)C[C@@H](C)C[C@@H](C)C[C@@H](C)/C=C/CO. The Bertz CT molecular complexity index is 184. The molecule has 3 atom stereocenters. The first-order chi connectivity index (χ1) is 7.45. The fraction of sp³-hybridized carbons (Fsp3) is 0.867. The highest BCUT2D eigenvalue weighted by Crippen LogP contribution is 2.24. The van der Waals surface area contributed by atoms with Gasteiger partial charge in [0.25, 0.3) is 0 Å². The second-order valence-corrected chi connectivity index (χ2v) is 5.90. The molecule has 1 heteroatoms. The minimum absolute atomic E-state index is 0.169. The third-order valence-electron chi connectivity index (χ3n) is 3.02. The Balaban J connectivity index is 3.79. The molecule has 0 fully saturated rings. The molecule has 0 aromatic carbocycles. The molecule has 16 heavy (non-hydrogen) atoms. The van der Waals surface area contributed by atoms with Crippen molar-refractivity contribution < 1.29 is 5.11 Å². The zero-order valence-electron chi connectivity index (χ0n) is 11.7. The number of aliphatic hydroxyl groups is 1. The summed E-state index contributed by atoms with van der Waals surface area (Å²) in [6.07, 6.45) is 7.89. The first-order valence-electron chi connectivity index (χ1n) is 6.73. The number of rotatable bonds is 8. The van der Waals surface area contributed by atoms with Gasteiger partial charge in [-0.3, -0.25) is 0 Å². The first-order valence-corrected chi connectivity index (χ1v) is 6.73. The summed E-state index contributed by atoms with van der Waals surface area (Å²) < 4.78 is 0. The van der Waals surface area contributed by atoms with Crippen LogP contribution in [0.3, 0.4) is 0 Å². The van der Waals surface area contributed by atoms with Gasteiger partial charge in [0.15, 0.2) is 0 Å². The summed E-state index contributed by atoms with van der Waals surface area (Å²) in [4.78, 5) is 0. The molecule has 0 rings (SSSR count). The van der Waals surface area contributed by atoms with Crippen LogP contribution in [0, 0.1) is 23.7 Å². The Kier molecular flexibility index (Phi) is 8.64. The fourth-order valence-electron chi connectivity index (χ4n) is 2.69. The monoisotopic (exact) mass is 226 g/mol. The number of hydrogen-bond acceptors (Lipinski definition) is 1. The van der Waals surface area contributed by atoms with Gasteiger partial charge in [-0.15, -0.1) is 0 Å². The molecular formula is C15H30O. The molecule has 0 aromatic rings. The van der Waals surface area contributed by atoms with E-state index >= 15 is 0 Å². The number of allylic oxidation sites excluding steroid dienone is 1. The van der Waals surface area contributed by atoms with Gasteiger partial charge in [-0.05, 0) is 42.9 Å². The van der Waals surface area contributed by atoms with Gasteiger partial charge in [-0.1, -0.05) is 46.8 Å². The normalized spacial score (nSPS) is 17.9. The maximum atomic E-state index is 8.71. The lowest BCUT2D eigenvalue weighted by atomic mass is 9.86. The van der Waals surface area contributed by atoms with Crippen LogP contribution >= 0.6 is 0 Å². The lowest BCUT2D eigenvalue weighted by Crippen LogP contribution is -2.08. The van der Waals surface area contributed by atoms with Crippen LogP contribution in [-0.4, -0.2) is 11.7 Å². The molecular weight excluding hydrogens is 196 g/mol. The number of aliphatic hydroxyl groups excluding tert-OH is 1. The van der Waals surface area contributed by atoms with Crippen molar-refractivity contribution in [2.24, 2.45) is 23.7 Å². The molecule has 0 heterocycles. The minimum atomic E-state index is 0.169. The Morgan fingerprint density at radius 2 is 1.44 bits per heavy atom. The van der Waals surface area contributed by atoms with E-state index in [4.69, 9.17) is 5.11 Å². The van der Waals surface area contributed by atoms with Gasteiger partial charge in [0.2, 0.25) is 0 Å². The molecule has 0 amide bonds. The standard InChI is InChI=1S/C15H30O/c1-12(2)9-14(4)11-15(5)10-13(3)7-6-8-16/h6-7,12-16H,8-11H2,1-5H3/b7-6+/t13-,14+,15-/m0/s1. The van der Waals surface area contributed by atoms with E-state index in [0.29, 0.717) is 5.92 Å². The second-order valence-electron chi connectivity index (χ2n) is 5.90. The lowest BCUT2D eigenvalue weighted by molar-refractivity contribution is 0.325. The van der Waals surface area contributed by atoms with Crippen molar-refractivity contribution in [1.29, 1.82) is 0 Å². The summed E-state index contributed by atoms with van der Waals surface area (Å²) in [5.41, 5.74) is 0. The van der Waals surface area contributed by atoms with Crippen molar-refractivity contribution in [3.05, 3.63) is 12.2 Å². The predicted molar refractivity (Wildman–Crippen MR) is 72.4 cm³/mol. The van der Waals surface area contributed by atoms with Crippen LogP contribution in [0.15, 0.2) is 12.2 Å². The zero-order valence-corrected chi connectivity index (χ0v) is 11.7. The third-order valence-corrected chi connectivity index (χ3v) is 3.02. The molecule has 96 valence electrons. The van der Waals surface area contributed by atoms with Crippen LogP contribution in [0.5, 0.6) is 0 Å². The number of hydrogen-bond donors (Lipinski definition) is 1. The van der Waals surface area contributed by atoms with Crippen molar-refractivity contribution in [2.45, 2.75) is 53.9 Å². The summed E-state index contributed by atoms with van der Waals surface area (Å²) in [6, 6.07) is 0. The topological polar surface area (TPSA) is 20.2 Å². The van der Waals surface area contributed by atoms with Crippen LogP contribution in [0.4, 0.5) is 0 Å². The van der Waals surface area contributed by atoms with Gasteiger partial charge < -0.3 is 5.11 Å². The molecule has 0 aliphatic rings. The van der Waals surface area contributed by atoms with E-state index in [2.05, 4.69) is 40.7 Å². The van der Waals surface area contributed by atoms with Crippen LogP contribution in [-0.2, 0) is 0 Å². The van der Waals surface area contributed by atoms with Crippen molar-refractivity contribution in [3.8, 4) is 0 Å². The smallest absolute Gasteiger partial charge is 0.0612 e. The van der Waals surface area contributed by atoms with E-state index in [9.17, 15) is 0 Å². The first kappa shape index (κ1) is 15.7. The van der Waals surface area contributed by atoms with Crippen molar-refractivity contribution in [1.82, 2.24) is 0 Å². The van der Waals surface area contributed by atoms with E-state index in [1.807, 2.05) is 6.08 Å². The van der Waals surface area contributed by atoms with Gasteiger partial charge in [-0.2, -0.15) is 0 Å². The highest BCUT2D eigenvalue weighted by molar-refractivity contribution is 4.86. The molecule has 0 aliphatic heterocycles. The van der Waals surface area contributed by atoms with Crippen molar-refractivity contribution in [2.75, 3.05) is 6.61 Å². The van der Waals surface area contributed by atoms with E-state index in [-0.39, 0.29) is 6.61 Å². The van der Waals surface area contributed by atoms with Crippen molar-refractivity contribution in [3.63, 3.8) is 0 Å². The second kappa shape index (κ2) is 8.81. The highest BCUT2D eigenvalue weighted by Gasteiger charge is 2.12. The summed E-state index contributed by atoms with van der Waals surface area (Å²) in [5, 5.41) is 8.71. The summed E-state index contributed by atoms with van der Waals surface area (Å²) in [6.45, 7) is 11.7. The molecule has 0 radical (unpaired) electrons. The molecule has 0 saturated carbocycles. The molecule has 0 unspecified atom stereocenters.